The zero-order chi connectivity index (χ0) is 20.4. The number of carboxylic acids is 1. The number of carboxylic acid groups (broad SMARTS) is 1. The Morgan fingerprint density at radius 1 is 0.929 bits per heavy atom. The fourth-order valence-corrected chi connectivity index (χ4v) is 2.33. The van der Waals surface area contributed by atoms with Gasteiger partial charge in [0.2, 0.25) is 0 Å². The van der Waals surface area contributed by atoms with Crippen LogP contribution in [-0.4, -0.2) is 36.0 Å². The number of hydrogen-bond donors (Lipinski definition) is 3. The highest BCUT2D eigenvalue weighted by molar-refractivity contribution is 6.04. The summed E-state index contributed by atoms with van der Waals surface area (Å²) in [5, 5.41) is 13.9. The van der Waals surface area contributed by atoms with Gasteiger partial charge >= 0.3 is 5.97 Å². The van der Waals surface area contributed by atoms with Gasteiger partial charge in [-0.1, -0.05) is 13.3 Å². The molecular weight excluding hydrogens is 360 g/mol. The highest BCUT2D eigenvalue weighted by Crippen LogP contribution is 2.15. The quantitative estimate of drug-likeness (QED) is 0.545. The van der Waals surface area contributed by atoms with Crippen molar-refractivity contribution in [2.45, 2.75) is 26.2 Å². The molecule has 0 unspecified atom stereocenters. The summed E-state index contributed by atoms with van der Waals surface area (Å²) in [6, 6.07) is 13.3. The van der Waals surface area contributed by atoms with Crippen molar-refractivity contribution in [2.24, 2.45) is 0 Å². The van der Waals surface area contributed by atoms with Crippen LogP contribution < -0.4 is 15.4 Å². The highest BCUT2D eigenvalue weighted by atomic mass is 16.5. The van der Waals surface area contributed by atoms with Crippen molar-refractivity contribution >= 4 is 23.5 Å². The normalized spacial score (nSPS) is 10.2. The van der Waals surface area contributed by atoms with Crippen LogP contribution in [0.15, 0.2) is 48.5 Å². The maximum Gasteiger partial charge on any atom is 0.305 e. The monoisotopic (exact) mass is 384 g/mol. The van der Waals surface area contributed by atoms with Crippen LogP contribution in [0.3, 0.4) is 0 Å². The molecule has 0 spiro atoms. The van der Waals surface area contributed by atoms with Crippen LogP contribution in [0.2, 0.25) is 0 Å². The van der Waals surface area contributed by atoms with E-state index >= 15 is 0 Å². The second kappa shape index (κ2) is 10.7. The molecule has 0 aliphatic rings. The van der Waals surface area contributed by atoms with E-state index in [0.29, 0.717) is 23.4 Å². The maximum atomic E-state index is 12.3. The molecule has 0 radical (unpaired) electrons. The van der Waals surface area contributed by atoms with Gasteiger partial charge in [0.25, 0.3) is 11.8 Å². The van der Waals surface area contributed by atoms with Crippen molar-refractivity contribution in [3.05, 3.63) is 59.7 Å². The molecule has 148 valence electrons. The van der Waals surface area contributed by atoms with E-state index in [2.05, 4.69) is 17.6 Å². The molecule has 2 aromatic rings. The Labute approximate surface area is 163 Å². The summed E-state index contributed by atoms with van der Waals surface area (Å²) in [7, 11) is 0. The van der Waals surface area contributed by atoms with Gasteiger partial charge in [-0.05, 0) is 55.0 Å². The third-order valence-corrected chi connectivity index (χ3v) is 3.91. The largest absolute Gasteiger partial charge is 0.494 e. The lowest BCUT2D eigenvalue weighted by atomic mass is 10.1. The lowest BCUT2D eigenvalue weighted by Gasteiger charge is -2.08. The predicted molar refractivity (Wildman–Crippen MR) is 106 cm³/mol. The number of amides is 2. The Bertz CT molecular complexity index is 801. The van der Waals surface area contributed by atoms with Crippen LogP contribution >= 0.6 is 0 Å². The average Bonchev–Trinajstić information content (AvgIpc) is 2.69. The van der Waals surface area contributed by atoms with Gasteiger partial charge in [-0.3, -0.25) is 14.4 Å². The molecular formula is C21H24N2O5. The number of anilines is 1. The fraction of sp³-hybridized carbons (Fsp3) is 0.286. The first-order valence-electron chi connectivity index (χ1n) is 9.14. The molecule has 0 heterocycles. The average molecular weight is 384 g/mol. The van der Waals surface area contributed by atoms with Gasteiger partial charge in [-0.25, -0.2) is 0 Å². The Morgan fingerprint density at radius 2 is 1.54 bits per heavy atom. The minimum absolute atomic E-state index is 0.0603. The van der Waals surface area contributed by atoms with Gasteiger partial charge in [0, 0.05) is 23.4 Å². The van der Waals surface area contributed by atoms with E-state index in [-0.39, 0.29) is 24.8 Å². The molecule has 0 saturated heterocycles. The van der Waals surface area contributed by atoms with Crippen LogP contribution in [0.5, 0.6) is 5.75 Å². The second-order valence-electron chi connectivity index (χ2n) is 6.16. The lowest BCUT2D eigenvalue weighted by Crippen LogP contribution is -2.25. The Balaban J connectivity index is 1.88. The molecule has 0 aliphatic carbocycles. The van der Waals surface area contributed by atoms with Crippen molar-refractivity contribution in [3.63, 3.8) is 0 Å². The smallest absolute Gasteiger partial charge is 0.305 e. The van der Waals surface area contributed by atoms with Crippen molar-refractivity contribution in [3.8, 4) is 5.75 Å². The van der Waals surface area contributed by atoms with Gasteiger partial charge in [0.15, 0.2) is 0 Å². The molecule has 3 N–H and O–H groups in total. The number of rotatable bonds is 10. The summed E-state index contributed by atoms with van der Waals surface area (Å²) >= 11 is 0. The van der Waals surface area contributed by atoms with Crippen LogP contribution in [0.25, 0.3) is 0 Å². The van der Waals surface area contributed by atoms with Gasteiger partial charge < -0.3 is 20.5 Å². The third-order valence-electron chi connectivity index (χ3n) is 3.91. The number of benzene rings is 2. The minimum Gasteiger partial charge on any atom is -0.494 e. The predicted octanol–water partition coefficient (Wildman–Crippen LogP) is 3.32. The summed E-state index contributed by atoms with van der Waals surface area (Å²) in [6.07, 6.45) is 1.90. The molecule has 0 bridgehead atoms. The maximum absolute atomic E-state index is 12.3. The fourth-order valence-electron chi connectivity index (χ4n) is 2.33. The van der Waals surface area contributed by atoms with E-state index in [1.165, 1.54) is 0 Å². The van der Waals surface area contributed by atoms with E-state index < -0.39 is 5.97 Å². The first-order valence-corrected chi connectivity index (χ1v) is 9.14. The number of ether oxygens (including phenoxy) is 1. The van der Waals surface area contributed by atoms with Crippen LogP contribution in [-0.2, 0) is 4.79 Å². The molecule has 2 aromatic carbocycles. The van der Waals surface area contributed by atoms with E-state index in [1.807, 2.05) is 0 Å². The van der Waals surface area contributed by atoms with E-state index in [9.17, 15) is 14.4 Å². The van der Waals surface area contributed by atoms with Crippen molar-refractivity contribution in [1.29, 1.82) is 0 Å². The Hall–Kier alpha value is -3.35. The molecule has 0 aromatic heterocycles. The zero-order valence-corrected chi connectivity index (χ0v) is 15.7. The molecule has 0 saturated carbocycles. The first-order chi connectivity index (χ1) is 13.5. The van der Waals surface area contributed by atoms with Crippen LogP contribution in [0, 0.1) is 0 Å². The molecule has 7 heteroatoms. The van der Waals surface area contributed by atoms with Crippen LogP contribution in [0.1, 0.15) is 46.9 Å². The van der Waals surface area contributed by atoms with Gasteiger partial charge in [-0.15, -0.1) is 0 Å². The van der Waals surface area contributed by atoms with E-state index in [0.717, 1.165) is 18.6 Å². The number of carbonyl (C=O) groups excluding carboxylic acids is 2. The molecule has 28 heavy (non-hydrogen) atoms. The number of unbranched alkanes of at least 4 members (excludes halogenated alkanes) is 1. The Morgan fingerprint density at radius 3 is 2.14 bits per heavy atom. The third kappa shape index (κ3) is 6.75. The Kier molecular flexibility index (Phi) is 8.02. The molecule has 2 rings (SSSR count). The summed E-state index contributed by atoms with van der Waals surface area (Å²) in [5.41, 5.74) is 1.44. The molecule has 0 atom stereocenters. The van der Waals surface area contributed by atoms with Gasteiger partial charge in [-0.2, -0.15) is 0 Å². The summed E-state index contributed by atoms with van der Waals surface area (Å²) < 4.78 is 5.57. The van der Waals surface area contributed by atoms with E-state index in [4.69, 9.17) is 9.84 Å². The van der Waals surface area contributed by atoms with Crippen LogP contribution in [0.4, 0.5) is 5.69 Å². The van der Waals surface area contributed by atoms with Crippen molar-refractivity contribution < 1.29 is 24.2 Å². The molecule has 7 nitrogen and oxygen atoms in total. The summed E-state index contributed by atoms with van der Waals surface area (Å²) in [4.78, 5) is 34.7. The summed E-state index contributed by atoms with van der Waals surface area (Å²) in [6.45, 7) is 2.80. The van der Waals surface area contributed by atoms with Gasteiger partial charge in [0.1, 0.15) is 5.75 Å². The zero-order valence-electron chi connectivity index (χ0n) is 15.7. The molecule has 0 fully saturated rings. The number of nitrogens with one attached hydrogen (secondary N) is 2. The second-order valence-corrected chi connectivity index (χ2v) is 6.16. The van der Waals surface area contributed by atoms with Gasteiger partial charge in [0.05, 0.1) is 13.0 Å². The topological polar surface area (TPSA) is 105 Å². The standard InChI is InChI=1S/C21H24N2O5/c1-2-3-14-28-18-10-6-16(7-11-18)21(27)23-17-8-4-15(5-9-17)20(26)22-13-12-19(24)25/h4-11H,2-3,12-14H2,1H3,(H,22,26)(H,23,27)(H,24,25). The minimum atomic E-state index is -0.973. The first kappa shape index (κ1) is 21.0. The number of aliphatic carboxylic acids is 1. The lowest BCUT2D eigenvalue weighted by molar-refractivity contribution is -0.136. The summed E-state index contributed by atoms with van der Waals surface area (Å²) in [5.74, 6) is -0.876. The van der Waals surface area contributed by atoms with E-state index in [1.54, 1.807) is 48.5 Å². The highest BCUT2D eigenvalue weighted by Gasteiger charge is 2.09. The number of carbonyl (C=O) groups is 3. The van der Waals surface area contributed by atoms with Crippen molar-refractivity contribution in [1.82, 2.24) is 5.32 Å². The van der Waals surface area contributed by atoms with Crippen molar-refractivity contribution in [2.75, 3.05) is 18.5 Å². The number of hydrogen-bond acceptors (Lipinski definition) is 4. The SMILES string of the molecule is CCCCOc1ccc(C(=O)Nc2ccc(C(=O)NCCC(=O)O)cc2)cc1. The molecule has 0 aliphatic heterocycles. The molecule has 2 amide bonds.